The van der Waals surface area contributed by atoms with Crippen LogP contribution < -0.4 is 0 Å². The van der Waals surface area contributed by atoms with E-state index in [1.54, 1.807) is 0 Å². The second kappa shape index (κ2) is 15.3. The van der Waals surface area contributed by atoms with Crippen molar-refractivity contribution in [1.29, 1.82) is 0 Å². The summed E-state index contributed by atoms with van der Waals surface area (Å²) in [5.41, 5.74) is 0.215. The quantitative estimate of drug-likeness (QED) is 0.144. The largest absolute Gasteiger partial charge is 0.413 e. The molecule has 1 N–H and O–H groups in total. The fourth-order valence-electron chi connectivity index (χ4n) is 4.50. The Hall–Kier alpha value is -0.669. The fourth-order valence-corrected chi connectivity index (χ4v) is 7.39. The summed E-state index contributed by atoms with van der Waals surface area (Å²) in [6.45, 7) is 38.5. The van der Waals surface area contributed by atoms with Gasteiger partial charge >= 0.3 is 0 Å². The summed E-state index contributed by atoms with van der Waals surface area (Å²) >= 11 is 0. The molecule has 1 fully saturated rings. The molecule has 1 aromatic rings. The summed E-state index contributed by atoms with van der Waals surface area (Å²) in [6.07, 6.45) is 0.721. The van der Waals surface area contributed by atoms with E-state index in [2.05, 4.69) is 102 Å². The Labute approximate surface area is 291 Å². The van der Waals surface area contributed by atoms with Gasteiger partial charge < -0.3 is 32.6 Å². The smallest absolute Gasteiger partial charge is 0.192 e. The van der Waals surface area contributed by atoms with Gasteiger partial charge in [0.25, 0.3) is 0 Å². The Morgan fingerprint density at radius 3 is 1.77 bits per heavy atom. The van der Waals surface area contributed by atoms with E-state index in [4.69, 9.17) is 27.5 Å². The number of aliphatic hydroxyl groups is 1. The Morgan fingerprint density at radius 1 is 0.766 bits per heavy atom. The first-order chi connectivity index (χ1) is 21.0. The Bertz CT molecular complexity index is 1160. The standard InChI is InChI=1S/C37H70O7Si3/c1-33(2,3)45(12,13)40-24-23-30(26-41-46(14,15)34(4,5)6)37(38,28-42-47(16,17)35(7,8)9)32-31(43-36(10,11)44-32)27-39-25-29-21-19-18-20-22-29/h18-23,31-32,38H,24-28H2,1-17H3/b30-23+. The van der Waals surface area contributed by atoms with Crippen LogP contribution in [0.1, 0.15) is 81.7 Å². The van der Waals surface area contributed by atoms with Gasteiger partial charge in [-0.25, -0.2) is 0 Å². The van der Waals surface area contributed by atoms with Crippen LogP contribution in [0, 0.1) is 0 Å². The lowest BCUT2D eigenvalue weighted by molar-refractivity contribution is -0.171. The molecule has 0 aromatic heterocycles. The molecule has 3 atom stereocenters. The van der Waals surface area contributed by atoms with Crippen LogP contribution in [0.25, 0.3) is 0 Å². The molecule has 10 heteroatoms. The number of hydrogen-bond donors (Lipinski definition) is 1. The van der Waals surface area contributed by atoms with Crippen LogP contribution in [0.3, 0.4) is 0 Å². The van der Waals surface area contributed by atoms with Crippen LogP contribution in [0.4, 0.5) is 0 Å². The lowest BCUT2D eigenvalue weighted by Gasteiger charge is -2.44. The summed E-state index contributed by atoms with van der Waals surface area (Å²) < 4.78 is 39.6. The molecule has 0 amide bonds. The highest BCUT2D eigenvalue weighted by atomic mass is 28.4. The maximum atomic E-state index is 13.2. The highest BCUT2D eigenvalue weighted by Gasteiger charge is 2.55. The molecule has 0 spiro atoms. The monoisotopic (exact) mass is 710 g/mol. The molecule has 1 heterocycles. The lowest BCUT2D eigenvalue weighted by atomic mass is 9.85. The molecule has 47 heavy (non-hydrogen) atoms. The maximum absolute atomic E-state index is 13.2. The first-order valence-electron chi connectivity index (χ1n) is 17.4. The predicted octanol–water partition coefficient (Wildman–Crippen LogP) is 9.45. The van der Waals surface area contributed by atoms with Crippen molar-refractivity contribution < 1.29 is 32.6 Å². The van der Waals surface area contributed by atoms with Gasteiger partial charge in [0.1, 0.15) is 17.8 Å². The van der Waals surface area contributed by atoms with Crippen LogP contribution in [-0.4, -0.2) is 80.1 Å². The average molecular weight is 711 g/mol. The molecular formula is C37H70O7Si3. The predicted molar refractivity (Wildman–Crippen MR) is 202 cm³/mol. The molecule has 1 aliphatic rings. The lowest BCUT2D eigenvalue weighted by Crippen LogP contribution is -2.57. The van der Waals surface area contributed by atoms with E-state index in [1.807, 2.05) is 50.3 Å². The SMILES string of the molecule is CC1(C)OC(COCc2ccccc2)C(C(O)(CO[Si](C)(C)C(C)(C)C)/C(=C/CO[Si](C)(C)C(C)(C)C)CO[Si](C)(C)C(C)(C)C)O1. The van der Waals surface area contributed by atoms with E-state index < -0.39 is 48.5 Å². The van der Waals surface area contributed by atoms with Gasteiger partial charge in [-0.05, 0) is 79.4 Å². The summed E-state index contributed by atoms with van der Waals surface area (Å²) in [7, 11) is -6.55. The molecule has 0 radical (unpaired) electrons. The van der Waals surface area contributed by atoms with Crippen molar-refractivity contribution in [2.45, 2.75) is 161 Å². The summed E-state index contributed by atoms with van der Waals surface area (Å²) in [6, 6.07) is 10.1. The van der Waals surface area contributed by atoms with Gasteiger partial charge in [-0.1, -0.05) is 98.7 Å². The van der Waals surface area contributed by atoms with Gasteiger partial charge in [-0.2, -0.15) is 0 Å². The van der Waals surface area contributed by atoms with Crippen LogP contribution in [0.5, 0.6) is 0 Å². The summed E-state index contributed by atoms with van der Waals surface area (Å²) in [5, 5.41) is 13.2. The Kier molecular flexibility index (Phi) is 13.8. The first kappa shape index (κ1) is 42.5. The van der Waals surface area contributed by atoms with Crippen molar-refractivity contribution in [3.63, 3.8) is 0 Å². The molecule has 0 bridgehead atoms. The molecule has 0 saturated carbocycles. The van der Waals surface area contributed by atoms with Gasteiger partial charge in [0.2, 0.25) is 0 Å². The van der Waals surface area contributed by atoms with E-state index in [-0.39, 0.29) is 34.9 Å². The number of rotatable bonds is 15. The molecule has 2 rings (SSSR count). The zero-order chi connectivity index (χ0) is 36.3. The third-order valence-electron chi connectivity index (χ3n) is 11.0. The average Bonchev–Trinajstić information content (AvgIpc) is 3.22. The number of hydrogen-bond acceptors (Lipinski definition) is 7. The molecule has 1 aromatic carbocycles. The molecular weight excluding hydrogens is 641 g/mol. The van der Waals surface area contributed by atoms with Gasteiger partial charge in [0.05, 0.1) is 33.0 Å². The van der Waals surface area contributed by atoms with Crippen molar-refractivity contribution in [2.75, 3.05) is 26.4 Å². The Morgan fingerprint density at radius 2 is 1.26 bits per heavy atom. The zero-order valence-corrected chi connectivity index (χ0v) is 36.1. The van der Waals surface area contributed by atoms with Crippen molar-refractivity contribution in [1.82, 2.24) is 0 Å². The Balaban J connectivity index is 2.62. The first-order valence-corrected chi connectivity index (χ1v) is 26.1. The third-order valence-corrected chi connectivity index (χ3v) is 24.5. The van der Waals surface area contributed by atoms with Crippen molar-refractivity contribution >= 4 is 25.0 Å². The number of ether oxygens (including phenoxy) is 3. The van der Waals surface area contributed by atoms with Crippen molar-refractivity contribution in [3.05, 3.63) is 47.5 Å². The molecule has 1 aliphatic heterocycles. The van der Waals surface area contributed by atoms with Crippen LogP contribution in [0.2, 0.25) is 54.4 Å². The van der Waals surface area contributed by atoms with E-state index in [0.717, 1.165) is 5.56 Å². The summed E-state index contributed by atoms with van der Waals surface area (Å²) in [5.74, 6) is -0.931. The molecule has 7 nitrogen and oxygen atoms in total. The second-order valence-corrected chi connectivity index (χ2v) is 32.8. The van der Waals surface area contributed by atoms with Gasteiger partial charge in [-0.15, -0.1) is 0 Å². The minimum Gasteiger partial charge on any atom is -0.413 e. The molecule has 3 unspecified atom stereocenters. The van der Waals surface area contributed by atoms with E-state index >= 15 is 0 Å². The maximum Gasteiger partial charge on any atom is 0.192 e. The van der Waals surface area contributed by atoms with Crippen LogP contribution in [-0.2, 0) is 34.1 Å². The van der Waals surface area contributed by atoms with Gasteiger partial charge in [0, 0.05) is 0 Å². The van der Waals surface area contributed by atoms with Crippen molar-refractivity contribution in [3.8, 4) is 0 Å². The summed E-state index contributed by atoms with van der Waals surface area (Å²) in [4.78, 5) is 0. The van der Waals surface area contributed by atoms with Crippen molar-refractivity contribution in [2.24, 2.45) is 0 Å². The van der Waals surface area contributed by atoms with E-state index in [1.165, 1.54) is 0 Å². The van der Waals surface area contributed by atoms with Gasteiger partial charge in [-0.3, -0.25) is 0 Å². The minimum atomic E-state index is -2.29. The minimum absolute atomic E-state index is 0.00568. The van der Waals surface area contributed by atoms with E-state index in [0.29, 0.717) is 18.8 Å². The number of benzene rings is 1. The highest BCUT2D eigenvalue weighted by Crippen LogP contribution is 2.43. The highest BCUT2D eigenvalue weighted by molar-refractivity contribution is 6.74. The molecule has 1 saturated heterocycles. The van der Waals surface area contributed by atoms with E-state index in [9.17, 15) is 5.11 Å². The van der Waals surface area contributed by atoms with Crippen LogP contribution in [0.15, 0.2) is 42.0 Å². The topological polar surface area (TPSA) is 75.6 Å². The molecule has 0 aliphatic carbocycles. The van der Waals surface area contributed by atoms with Gasteiger partial charge in [0.15, 0.2) is 30.7 Å². The fraction of sp³-hybridized carbons (Fsp3) is 0.784. The van der Waals surface area contributed by atoms with Crippen LogP contribution >= 0.6 is 0 Å². The normalized spacial score (nSPS) is 21.6. The molecule has 272 valence electrons. The third kappa shape index (κ3) is 11.4. The zero-order valence-electron chi connectivity index (χ0n) is 33.1. The second-order valence-electron chi connectivity index (χ2n) is 18.4.